The molecule has 0 radical (unpaired) electrons. The van der Waals surface area contributed by atoms with Crippen molar-refractivity contribution in [1.82, 2.24) is 20.5 Å². The third-order valence-electron chi connectivity index (χ3n) is 7.59. The molecule has 4 rings (SSSR count). The topological polar surface area (TPSA) is 112 Å². The fourth-order valence-corrected chi connectivity index (χ4v) is 6.46. The number of likely N-dealkylation sites (tertiary alicyclic amines) is 1. The molecule has 0 spiro atoms. The summed E-state index contributed by atoms with van der Waals surface area (Å²) < 4.78 is 0.942. The van der Waals surface area contributed by atoms with Crippen LogP contribution in [0.2, 0.25) is 0 Å². The van der Waals surface area contributed by atoms with Gasteiger partial charge in [0.15, 0.2) is 0 Å². The molecule has 3 N–H and O–H groups in total. The van der Waals surface area contributed by atoms with Gasteiger partial charge in [0.1, 0.15) is 12.1 Å². The van der Waals surface area contributed by atoms with Gasteiger partial charge in [-0.05, 0) is 54.5 Å². The molecule has 0 aliphatic carbocycles. The summed E-state index contributed by atoms with van der Waals surface area (Å²) in [5.74, 6) is -0.940. The highest BCUT2D eigenvalue weighted by molar-refractivity contribution is 9.10. The van der Waals surface area contributed by atoms with Gasteiger partial charge in [0.05, 0.1) is 28.2 Å². The van der Waals surface area contributed by atoms with Crippen molar-refractivity contribution in [3.05, 3.63) is 75.3 Å². The lowest BCUT2D eigenvalue weighted by Crippen LogP contribution is -2.57. The highest BCUT2D eigenvalue weighted by atomic mass is 79.9. The average Bonchev–Trinajstić information content (AvgIpc) is 3.55. The number of aliphatic hydroxyl groups excluding tert-OH is 1. The van der Waals surface area contributed by atoms with Gasteiger partial charge in [-0.15, -0.1) is 11.3 Å². The van der Waals surface area contributed by atoms with Gasteiger partial charge in [0.2, 0.25) is 17.7 Å². The van der Waals surface area contributed by atoms with E-state index in [0.29, 0.717) is 6.42 Å². The summed E-state index contributed by atoms with van der Waals surface area (Å²) >= 11 is 5.04. The zero-order valence-electron chi connectivity index (χ0n) is 24.7. The fourth-order valence-electron chi connectivity index (χ4n) is 5.20. The van der Waals surface area contributed by atoms with E-state index in [1.165, 1.54) is 4.90 Å². The molecule has 1 saturated heterocycles. The van der Waals surface area contributed by atoms with Crippen LogP contribution in [0.4, 0.5) is 0 Å². The summed E-state index contributed by atoms with van der Waals surface area (Å²) in [5.41, 5.74) is 5.20. The number of aromatic nitrogens is 1. The van der Waals surface area contributed by atoms with E-state index in [0.717, 1.165) is 31.7 Å². The molecule has 10 heteroatoms. The van der Waals surface area contributed by atoms with Crippen molar-refractivity contribution < 1.29 is 19.5 Å². The van der Waals surface area contributed by atoms with Crippen molar-refractivity contribution in [2.45, 2.75) is 78.1 Å². The molecule has 42 heavy (non-hydrogen) atoms. The van der Waals surface area contributed by atoms with E-state index in [1.54, 1.807) is 11.3 Å². The van der Waals surface area contributed by atoms with Crippen LogP contribution in [0.3, 0.4) is 0 Å². The molecule has 2 heterocycles. The maximum absolute atomic E-state index is 13.8. The Bertz CT molecular complexity index is 1420. The molecular formula is C32H39BrN4O4S. The smallest absolute Gasteiger partial charge is 0.246 e. The molecule has 0 saturated carbocycles. The van der Waals surface area contributed by atoms with E-state index in [-0.39, 0.29) is 43.1 Å². The van der Waals surface area contributed by atoms with Crippen molar-refractivity contribution in [3.63, 3.8) is 0 Å². The minimum Gasteiger partial charge on any atom is -0.391 e. The first kappa shape index (κ1) is 31.8. The molecule has 224 valence electrons. The van der Waals surface area contributed by atoms with Crippen LogP contribution in [0, 0.1) is 12.3 Å². The van der Waals surface area contributed by atoms with Crippen molar-refractivity contribution >= 4 is 45.0 Å². The van der Waals surface area contributed by atoms with E-state index in [2.05, 4.69) is 31.5 Å². The molecule has 0 bridgehead atoms. The minimum absolute atomic E-state index is 0.0364. The van der Waals surface area contributed by atoms with Gasteiger partial charge in [-0.3, -0.25) is 14.4 Å². The maximum atomic E-state index is 13.8. The normalized spacial score (nSPS) is 18.4. The molecule has 3 aromatic rings. The van der Waals surface area contributed by atoms with Crippen LogP contribution in [0.25, 0.3) is 10.4 Å². The summed E-state index contributed by atoms with van der Waals surface area (Å²) in [6.45, 7) is 9.55. The van der Waals surface area contributed by atoms with Gasteiger partial charge in [0, 0.05) is 23.9 Å². The minimum atomic E-state index is -0.853. The highest BCUT2D eigenvalue weighted by Gasteiger charge is 2.44. The number of β-amino-alcohol motifs (C(OH)–C–C–N with tert-alkyl or cyclic N) is 1. The monoisotopic (exact) mass is 654 g/mol. The Kier molecular flexibility index (Phi) is 10.2. The first-order valence-corrected chi connectivity index (χ1v) is 15.8. The average molecular weight is 656 g/mol. The Labute approximate surface area is 260 Å². The number of thiazole rings is 1. The van der Waals surface area contributed by atoms with E-state index >= 15 is 0 Å². The fraction of sp³-hybridized carbons (Fsp3) is 0.438. The molecule has 1 aliphatic rings. The van der Waals surface area contributed by atoms with Crippen LogP contribution in [0.15, 0.2) is 58.5 Å². The first-order chi connectivity index (χ1) is 19.8. The van der Waals surface area contributed by atoms with Crippen molar-refractivity contribution in [3.8, 4) is 10.4 Å². The largest absolute Gasteiger partial charge is 0.391 e. The zero-order valence-corrected chi connectivity index (χ0v) is 27.1. The van der Waals surface area contributed by atoms with Crippen LogP contribution in [0.1, 0.15) is 63.4 Å². The Morgan fingerprint density at radius 3 is 2.48 bits per heavy atom. The predicted molar refractivity (Wildman–Crippen MR) is 169 cm³/mol. The summed E-state index contributed by atoms with van der Waals surface area (Å²) in [6.07, 6.45) is 0.0743. The number of amides is 3. The Morgan fingerprint density at radius 2 is 1.86 bits per heavy atom. The second-order valence-electron chi connectivity index (χ2n) is 12.0. The molecular weight excluding hydrogens is 616 g/mol. The molecule has 8 nitrogen and oxygen atoms in total. The maximum Gasteiger partial charge on any atom is 0.246 e. The van der Waals surface area contributed by atoms with Gasteiger partial charge in [-0.2, -0.15) is 0 Å². The molecule has 4 atom stereocenters. The number of aryl methyl sites for hydroxylation is 2. The third-order valence-corrected chi connectivity index (χ3v) is 9.06. The number of benzene rings is 2. The number of carbonyl (C=O) groups excluding carboxylic acids is 3. The summed E-state index contributed by atoms with van der Waals surface area (Å²) in [5, 5.41) is 16.4. The number of nitrogens with zero attached hydrogens (tertiary/aromatic N) is 2. The Morgan fingerprint density at radius 1 is 1.14 bits per heavy atom. The van der Waals surface area contributed by atoms with Gasteiger partial charge in [-0.25, -0.2) is 4.98 Å². The molecule has 3 amide bonds. The standard InChI is InChI=1S/C32H39BrN4O4S/c1-19(22-10-12-23(13-11-22)28-20(2)34-18-42-28)35-30(40)26-16-25(38)17-37(26)31(41)29(32(3,4)5)36-27(39)14-9-21-7-6-8-24(33)15-21/h6-8,10-13,15,18-19,25-26,29,38H,9,14,16-17H2,1-5H3,(H,35,40)(H,36,39)/t19?,25-,26+,29?/m1/s1. The zero-order chi connectivity index (χ0) is 30.6. The third kappa shape index (κ3) is 7.85. The first-order valence-electron chi connectivity index (χ1n) is 14.2. The lowest BCUT2D eigenvalue weighted by atomic mass is 9.85. The van der Waals surface area contributed by atoms with Gasteiger partial charge in [-0.1, -0.05) is 73.1 Å². The quantitative estimate of drug-likeness (QED) is 0.294. The second kappa shape index (κ2) is 13.5. The lowest BCUT2D eigenvalue weighted by molar-refractivity contribution is -0.144. The number of hydrogen-bond donors (Lipinski definition) is 3. The van der Waals surface area contributed by atoms with Gasteiger partial charge < -0.3 is 20.6 Å². The lowest BCUT2D eigenvalue weighted by Gasteiger charge is -2.35. The van der Waals surface area contributed by atoms with Crippen molar-refractivity contribution in [2.75, 3.05) is 6.54 Å². The number of nitrogens with one attached hydrogen (secondary N) is 2. The summed E-state index contributed by atoms with van der Waals surface area (Å²) in [4.78, 5) is 47.1. The Balaban J connectivity index is 1.42. The van der Waals surface area contributed by atoms with E-state index < -0.39 is 23.6 Å². The molecule has 1 aliphatic heterocycles. The number of carbonyl (C=O) groups is 3. The number of aliphatic hydroxyl groups is 1. The van der Waals surface area contributed by atoms with E-state index in [9.17, 15) is 19.5 Å². The molecule has 2 aromatic carbocycles. The highest BCUT2D eigenvalue weighted by Crippen LogP contribution is 2.29. The van der Waals surface area contributed by atoms with Crippen LogP contribution >= 0.6 is 27.3 Å². The van der Waals surface area contributed by atoms with Crippen LogP contribution in [-0.2, 0) is 20.8 Å². The van der Waals surface area contributed by atoms with Gasteiger partial charge >= 0.3 is 0 Å². The van der Waals surface area contributed by atoms with Crippen LogP contribution in [-0.4, -0.2) is 57.4 Å². The SMILES string of the molecule is Cc1ncsc1-c1ccc(C(C)NC(=O)[C@@H]2C[C@@H](O)CN2C(=O)C(NC(=O)CCc2cccc(Br)c2)C(C)(C)C)cc1. The van der Waals surface area contributed by atoms with E-state index in [1.807, 2.05) is 88.7 Å². The van der Waals surface area contributed by atoms with E-state index in [4.69, 9.17) is 0 Å². The predicted octanol–water partition coefficient (Wildman–Crippen LogP) is 5.18. The van der Waals surface area contributed by atoms with Crippen LogP contribution < -0.4 is 10.6 Å². The number of hydrogen-bond acceptors (Lipinski definition) is 6. The van der Waals surface area contributed by atoms with Gasteiger partial charge in [0.25, 0.3) is 0 Å². The van der Waals surface area contributed by atoms with Crippen molar-refractivity contribution in [1.29, 1.82) is 0 Å². The number of halogens is 1. The molecule has 1 fully saturated rings. The van der Waals surface area contributed by atoms with Crippen LogP contribution in [0.5, 0.6) is 0 Å². The molecule has 1 aromatic heterocycles. The summed E-state index contributed by atoms with van der Waals surface area (Å²) in [7, 11) is 0. The number of rotatable bonds is 9. The summed E-state index contributed by atoms with van der Waals surface area (Å²) in [6, 6.07) is 13.8. The molecule has 2 unspecified atom stereocenters. The second-order valence-corrected chi connectivity index (χ2v) is 13.8. The van der Waals surface area contributed by atoms with Crippen molar-refractivity contribution in [2.24, 2.45) is 5.41 Å². The Hall–Kier alpha value is -3.08.